The number of anilines is 1. The van der Waals surface area contributed by atoms with E-state index in [-0.39, 0.29) is 56.2 Å². The van der Waals surface area contributed by atoms with E-state index in [0.29, 0.717) is 36.3 Å². The second-order valence-electron chi connectivity index (χ2n) is 19.0. The first kappa shape index (κ1) is 65.0. The van der Waals surface area contributed by atoms with Crippen LogP contribution in [0.1, 0.15) is 78.2 Å². The van der Waals surface area contributed by atoms with E-state index >= 15 is 0 Å². The van der Waals surface area contributed by atoms with Gasteiger partial charge in [-0.25, -0.2) is 0 Å². The fourth-order valence-corrected chi connectivity index (χ4v) is 8.79. The Morgan fingerprint density at radius 2 is 1.22 bits per heavy atom. The summed E-state index contributed by atoms with van der Waals surface area (Å²) in [4.78, 5) is 141. The molecule has 0 saturated carbocycles. The highest BCUT2D eigenvalue weighted by molar-refractivity contribution is 7.80. The summed E-state index contributed by atoms with van der Waals surface area (Å²) in [5.41, 5.74) is 22.8. The van der Waals surface area contributed by atoms with Gasteiger partial charge in [-0.3, -0.25) is 52.9 Å². The van der Waals surface area contributed by atoms with Crippen molar-refractivity contribution in [2.24, 2.45) is 39.8 Å². The fraction of sp³-hybridized carbons (Fsp3) is 0.549. The number of ether oxygens (including phenoxy) is 1. The number of rotatable bonds is 33. The molecule has 0 unspecified atom stereocenters. The molecule has 0 spiro atoms. The third-order valence-corrected chi connectivity index (χ3v) is 13.9. The number of guanidine groups is 1. The van der Waals surface area contributed by atoms with Crippen LogP contribution < -0.4 is 70.2 Å². The average molecular weight is 1130 g/mol. The molecule has 1 fully saturated rings. The molecule has 1 aliphatic rings. The Bertz CT molecular complexity index is 2400. The minimum Gasteiger partial charge on any atom is -0.497 e. The predicted octanol–water partition coefficient (Wildman–Crippen LogP) is -1.90. The number of nitrogens with zero attached hydrogens (tertiary/aromatic N) is 2. The molecule has 0 aromatic heterocycles. The number of hydrogen-bond donors (Lipinski definition) is 14. The molecule has 1 aliphatic heterocycles. The molecule has 1 saturated heterocycles. The smallest absolute Gasteiger partial charge is 0.246 e. The zero-order valence-electron chi connectivity index (χ0n) is 44.8. The Morgan fingerprint density at radius 1 is 0.667 bits per heavy atom. The first-order valence-corrected chi connectivity index (χ1v) is 27.0. The van der Waals surface area contributed by atoms with Gasteiger partial charge in [0.15, 0.2) is 5.96 Å². The van der Waals surface area contributed by atoms with Gasteiger partial charge in [0, 0.05) is 36.7 Å². The lowest BCUT2D eigenvalue weighted by atomic mass is 9.95. The highest BCUT2D eigenvalue weighted by Gasteiger charge is 2.40. The highest BCUT2D eigenvalue weighted by Crippen LogP contribution is 2.21. The molecule has 2 aromatic carbocycles. The summed E-state index contributed by atoms with van der Waals surface area (Å²) in [5, 5.41) is 21.5. The van der Waals surface area contributed by atoms with Crippen molar-refractivity contribution in [2.45, 2.75) is 127 Å². The summed E-state index contributed by atoms with van der Waals surface area (Å²) >= 11 is 8.68. The number of hydrogen-bond acceptors (Lipinski definition) is 15. The van der Waals surface area contributed by atoms with Gasteiger partial charge < -0.3 is 75.1 Å². The Morgan fingerprint density at radius 3 is 1.74 bits per heavy atom. The summed E-state index contributed by atoms with van der Waals surface area (Å²) < 4.78 is 5.22. The summed E-state index contributed by atoms with van der Waals surface area (Å²) in [7, 11) is 1.53. The van der Waals surface area contributed by atoms with Gasteiger partial charge in [0.25, 0.3) is 0 Å². The van der Waals surface area contributed by atoms with E-state index < -0.39 is 132 Å². The van der Waals surface area contributed by atoms with Crippen LogP contribution in [-0.4, -0.2) is 157 Å². The molecule has 10 atom stereocenters. The number of amides is 10. The molecule has 25 nitrogen and oxygen atoms in total. The van der Waals surface area contributed by atoms with Gasteiger partial charge in [-0.15, -0.1) is 0 Å². The zero-order valence-corrected chi connectivity index (χ0v) is 46.5. The number of primary amides is 2. The molecule has 0 aliphatic carbocycles. The minimum atomic E-state index is -1.68. The topological polar surface area (TPSA) is 396 Å². The van der Waals surface area contributed by atoms with Crippen molar-refractivity contribution in [3.05, 3.63) is 60.2 Å². The van der Waals surface area contributed by atoms with Crippen LogP contribution in [0.3, 0.4) is 0 Å². The van der Waals surface area contributed by atoms with E-state index in [9.17, 15) is 47.9 Å². The molecular weight excluding hydrogens is 1050 g/mol. The number of nitrogens with two attached hydrogens (primary N) is 4. The lowest BCUT2D eigenvalue weighted by Gasteiger charge is -2.31. The van der Waals surface area contributed by atoms with Crippen LogP contribution in [0.25, 0.3) is 0 Å². The standard InChI is InChI=1S/C51H78N14O11S2/c1-6-28(3)41(63-45(70)34(23-30-13-9-8-10-14-30)60-48(73)42(29(4)7-2)64-46(71)36(26-77)58-31-17-19-32(76-5)20-18-31)49(74)61-35(24-39(52)66)44(69)62-37(27-78)50(75)65-22-12-16-38(65)47(72)59-33(15-11-21-56-51(54)55)43(68)57-25-40(53)67/h8-10,13-14,17-20,28-29,33-38,41-42,58,77-78H,6-7,11-12,15-16,21-27H2,1-5H3,(H2,52,66)(H2,53,67)(H,57,68)(H,59,72)(H,60,73)(H,61,74)(H,62,69)(H,63,70)(H,64,71)(H4,54,55,56)/t28-,29-,33-,34-,35-,36-,37-,38-,41-,42+/m0/s1. The SMILES string of the molecule is CC[C@H](C)[C@H](NC(=O)[C@H](Cc1ccccc1)NC(=O)[C@H](NC(=O)[C@H](CS)Nc1ccc(OC)cc1)[C@@H](C)CC)C(=O)N[C@@H](CC(N)=O)C(=O)N[C@@H](CS)C(=O)N1CCC[C@H]1C(=O)N[C@@H](CCCN=C(N)N)C(=O)NCC(N)=O. The molecule has 3 rings (SSSR count). The lowest BCUT2D eigenvalue weighted by Crippen LogP contribution is -2.62. The Balaban J connectivity index is 1.84. The summed E-state index contributed by atoms with van der Waals surface area (Å²) in [5.74, 6) is -8.64. The molecular formula is C51H78N14O11S2. The van der Waals surface area contributed by atoms with Crippen molar-refractivity contribution in [3.63, 3.8) is 0 Å². The van der Waals surface area contributed by atoms with Crippen LogP contribution >= 0.6 is 25.3 Å². The van der Waals surface area contributed by atoms with Gasteiger partial charge in [-0.1, -0.05) is 70.9 Å². The fourth-order valence-electron chi connectivity index (χ4n) is 8.29. The van der Waals surface area contributed by atoms with Gasteiger partial charge in [0.05, 0.1) is 20.1 Å². The van der Waals surface area contributed by atoms with Crippen molar-refractivity contribution >= 4 is 96.0 Å². The van der Waals surface area contributed by atoms with Crippen LogP contribution in [-0.2, 0) is 54.4 Å². The van der Waals surface area contributed by atoms with Crippen LogP contribution in [0.5, 0.6) is 5.75 Å². The second kappa shape index (κ2) is 33.1. The first-order valence-electron chi connectivity index (χ1n) is 25.8. The Kier molecular flexibility index (Phi) is 27.6. The normalized spacial score (nSPS) is 16.3. The van der Waals surface area contributed by atoms with Crippen molar-refractivity contribution in [2.75, 3.05) is 43.6 Å². The van der Waals surface area contributed by atoms with Crippen molar-refractivity contribution in [1.82, 2.24) is 42.1 Å². The van der Waals surface area contributed by atoms with Crippen molar-refractivity contribution in [3.8, 4) is 5.75 Å². The summed E-state index contributed by atoms with van der Waals surface area (Å²) in [6.45, 7) is 6.77. The number of aliphatic imine (C=N–C) groups is 1. The molecule has 2 aromatic rings. The van der Waals surface area contributed by atoms with Crippen LogP contribution in [0, 0.1) is 11.8 Å². The average Bonchev–Trinajstić information content (AvgIpc) is 3.94. The molecule has 1 heterocycles. The van der Waals surface area contributed by atoms with Gasteiger partial charge in [-0.05, 0) is 67.3 Å². The molecule has 430 valence electrons. The number of methoxy groups -OCH3 is 1. The molecule has 27 heteroatoms. The summed E-state index contributed by atoms with van der Waals surface area (Å²) in [6.07, 6.45) is 0.878. The third-order valence-electron chi connectivity index (χ3n) is 13.1. The first-order chi connectivity index (χ1) is 37.1. The van der Waals surface area contributed by atoms with Crippen molar-refractivity contribution in [1.29, 1.82) is 0 Å². The molecule has 16 N–H and O–H groups in total. The molecule has 0 bridgehead atoms. The lowest BCUT2D eigenvalue weighted by molar-refractivity contribution is -0.142. The Hall–Kier alpha value is -7.29. The van der Waals surface area contributed by atoms with Gasteiger partial charge in [0.1, 0.15) is 54.1 Å². The number of benzene rings is 2. The van der Waals surface area contributed by atoms with Crippen LogP contribution in [0.4, 0.5) is 5.69 Å². The second-order valence-corrected chi connectivity index (χ2v) is 19.7. The minimum absolute atomic E-state index is 0.0360. The van der Waals surface area contributed by atoms with Gasteiger partial charge in [0.2, 0.25) is 59.1 Å². The van der Waals surface area contributed by atoms with E-state index in [4.69, 9.17) is 27.7 Å². The number of carbonyl (C=O) groups is 10. The van der Waals surface area contributed by atoms with Crippen LogP contribution in [0.2, 0.25) is 0 Å². The molecule has 78 heavy (non-hydrogen) atoms. The van der Waals surface area contributed by atoms with Gasteiger partial charge >= 0.3 is 0 Å². The number of carbonyl (C=O) groups excluding carboxylic acids is 10. The maximum atomic E-state index is 14.5. The van der Waals surface area contributed by atoms with E-state index in [0.717, 1.165) is 0 Å². The van der Waals surface area contributed by atoms with E-state index in [2.05, 4.69) is 72.8 Å². The van der Waals surface area contributed by atoms with E-state index in [1.165, 1.54) is 12.0 Å². The maximum absolute atomic E-state index is 14.5. The monoisotopic (exact) mass is 1130 g/mol. The quantitative estimate of drug-likeness (QED) is 0.0161. The van der Waals surface area contributed by atoms with Crippen molar-refractivity contribution < 1.29 is 52.7 Å². The van der Waals surface area contributed by atoms with Crippen LogP contribution in [0.15, 0.2) is 59.6 Å². The predicted molar refractivity (Wildman–Crippen MR) is 299 cm³/mol. The molecule has 10 amide bonds. The zero-order chi connectivity index (χ0) is 58.1. The number of thiol groups is 2. The highest BCUT2D eigenvalue weighted by atomic mass is 32.1. The van der Waals surface area contributed by atoms with Gasteiger partial charge in [-0.2, -0.15) is 25.3 Å². The largest absolute Gasteiger partial charge is 0.497 e. The van der Waals surface area contributed by atoms with E-state index in [1.54, 1.807) is 75.4 Å². The molecule has 0 radical (unpaired) electrons. The Labute approximate surface area is 465 Å². The number of nitrogens with one attached hydrogen (secondary N) is 8. The number of likely N-dealkylation sites (tertiary alicyclic amines) is 1. The maximum Gasteiger partial charge on any atom is 0.246 e. The summed E-state index contributed by atoms with van der Waals surface area (Å²) in [6, 6.07) is 5.71. The third kappa shape index (κ3) is 20.9. The van der Waals surface area contributed by atoms with E-state index in [1.807, 2.05) is 6.92 Å².